The Bertz CT molecular complexity index is 1430. The fourth-order valence-corrected chi connectivity index (χ4v) is 5.74. The van der Waals surface area contributed by atoms with Crippen molar-refractivity contribution in [3.63, 3.8) is 0 Å². The van der Waals surface area contributed by atoms with Gasteiger partial charge < -0.3 is 19.5 Å². The molecule has 176 valence electrons. The van der Waals surface area contributed by atoms with E-state index in [4.69, 9.17) is 4.74 Å². The van der Waals surface area contributed by atoms with Crippen LogP contribution in [0.1, 0.15) is 35.2 Å². The summed E-state index contributed by atoms with van der Waals surface area (Å²) in [4.78, 5) is 34.7. The highest BCUT2D eigenvalue weighted by Gasteiger charge is 2.56. The number of rotatable bonds is 4. The molecule has 1 fully saturated rings. The number of nitrogens with one attached hydrogen (secondary N) is 1. The number of hydrogen-bond donors (Lipinski definition) is 1. The molecule has 6 rings (SSSR count). The van der Waals surface area contributed by atoms with Crippen LogP contribution >= 0.6 is 0 Å². The van der Waals surface area contributed by atoms with Crippen molar-refractivity contribution in [1.29, 1.82) is 0 Å². The first kappa shape index (κ1) is 21.5. The maximum Gasteiger partial charge on any atom is 0.255 e. The van der Waals surface area contributed by atoms with Gasteiger partial charge in [-0.3, -0.25) is 9.59 Å². The predicted octanol–water partition coefficient (Wildman–Crippen LogP) is 4.41. The van der Waals surface area contributed by atoms with E-state index in [2.05, 4.69) is 23.2 Å². The van der Waals surface area contributed by atoms with Crippen LogP contribution in [0.2, 0.25) is 0 Å². The molecule has 2 aliphatic heterocycles. The molecule has 0 saturated carbocycles. The summed E-state index contributed by atoms with van der Waals surface area (Å²) in [5.74, 6) is 0.639. The monoisotopic (exact) mass is 465 g/mol. The molecule has 6 nitrogen and oxygen atoms in total. The fraction of sp³-hybridized carbons (Fsp3) is 0.241. The molecule has 4 aromatic rings. The van der Waals surface area contributed by atoms with Crippen molar-refractivity contribution in [2.24, 2.45) is 0 Å². The maximum atomic E-state index is 14.1. The highest BCUT2D eigenvalue weighted by Crippen LogP contribution is 2.48. The highest BCUT2D eigenvalue weighted by atomic mass is 16.5. The standard InChI is InChI=1S/C29H27N3O3/c1-29-27-26(22-10-6-7-11-24(22)30-27)23(20-12-14-21(35-2)15-13-20)17-32(29)25(33)18-31(28(29)34)16-19-8-4-3-5-9-19/h3-15,23,30H,16-18H2,1-2H3/t23-,29-/m0/s1. The number of para-hydroxylation sites is 1. The average Bonchev–Trinajstić information content (AvgIpc) is 3.29. The second-order valence-corrected chi connectivity index (χ2v) is 9.51. The molecule has 1 saturated heterocycles. The summed E-state index contributed by atoms with van der Waals surface area (Å²) in [7, 11) is 1.65. The van der Waals surface area contributed by atoms with Gasteiger partial charge in [-0.15, -0.1) is 0 Å². The number of amides is 2. The SMILES string of the molecule is COc1ccc([C@@H]2CN3C(=O)CN(Cc4ccccc4)C(=O)[C@]3(C)c3[nH]c4ccccc4c32)cc1. The summed E-state index contributed by atoms with van der Waals surface area (Å²) < 4.78 is 5.35. The number of ether oxygens (including phenoxy) is 1. The molecular formula is C29H27N3O3. The van der Waals surface area contributed by atoms with Gasteiger partial charge in [-0.05, 0) is 41.8 Å². The largest absolute Gasteiger partial charge is 0.497 e. The summed E-state index contributed by atoms with van der Waals surface area (Å²) in [6, 6.07) is 26.0. The minimum absolute atomic E-state index is 0.0363. The second-order valence-electron chi connectivity index (χ2n) is 9.51. The van der Waals surface area contributed by atoms with Crippen LogP contribution in [0.3, 0.4) is 0 Å². The predicted molar refractivity (Wildman–Crippen MR) is 134 cm³/mol. The van der Waals surface area contributed by atoms with E-state index in [1.165, 1.54) is 0 Å². The molecule has 0 bridgehead atoms. The van der Waals surface area contributed by atoms with Crippen molar-refractivity contribution in [3.8, 4) is 5.75 Å². The number of fused-ring (bicyclic) bond motifs is 5. The van der Waals surface area contributed by atoms with Gasteiger partial charge in [-0.2, -0.15) is 0 Å². The molecule has 3 aromatic carbocycles. The minimum atomic E-state index is -1.10. The van der Waals surface area contributed by atoms with E-state index in [1.807, 2.05) is 67.6 Å². The van der Waals surface area contributed by atoms with Crippen LogP contribution in [0.25, 0.3) is 10.9 Å². The second kappa shape index (κ2) is 8.01. The number of nitrogens with zero attached hydrogens (tertiary/aromatic N) is 2. The zero-order valence-electron chi connectivity index (χ0n) is 19.8. The summed E-state index contributed by atoms with van der Waals surface area (Å²) in [6.45, 7) is 2.82. The molecule has 2 amide bonds. The molecule has 0 aliphatic carbocycles. The van der Waals surface area contributed by atoms with Gasteiger partial charge in [-0.25, -0.2) is 0 Å². The maximum absolute atomic E-state index is 14.1. The van der Waals surface area contributed by atoms with Crippen LogP contribution < -0.4 is 4.74 Å². The van der Waals surface area contributed by atoms with Crippen molar-refractivity contribution in [1.82, 2.24) is 14.8 Å². The first-order valence-electron chi connectivity index (χ1n) is 11.9. The molecule has 35 heavy (non-hydrogen) atoms. The van der Waals surface area contributed by atoms with Crippen molar-refractivity contribution in [3.05, 3.63) is 101 Å². The molecule has 2 atom stereocenters. The van der Waals surface area contributed by atoms with Gasteiger partial charge in [0.25, 0.3) is 5.91 Å². The Morgan fingerprint density at radius 3 is 2.43 bits per heavy atom. The molecule has 0 spiro atoms. The topological polar surface area (TPSA) is 65.6 Å². The molecular weight excluding hydrogens is 438 g/mol. The Hall–Kier alpha value is -4.06. The lowest BCUT2D eigenvalue weighted by atomic mass is 9.76. The van der Waals surface area contributed by atoms with Gasteiger partial charge in [0.05, 0.1) is 12.8 Å². The zero-order chi connectivity index (χ0) is 24.2. The van der Waals surface area contributed by atoms with E-state index < -0.39 is 5.54 Å². The molecule has 0 unspecified atom stereocenters. The number of benzene rings is 3. The number of piperazine rings is 1. The molecule has 1 aromatic heterocycles. The quantitative estimate of drug-likeness (QED) is 0.486. The van der Waals surface area contributed by atoms with E-state index in [0.29, 0.717) is 13.1 Å². The third kappa shape index (κ3) is 3.24. The first-order chi connectivity index (χ1) is 17.0. The Morgan fingerprint density at radius 1 is 0.971 bits per heavy atom. The van der Waals surface area contributed by atoms with Gasteiger partial charge in [0, 0.05) is 29.9 Å². The lowest BCUT2D eigenvalue weighted by molar-refractivity contribution is -0.166. The normalized spacial score (nSPS) is 21.7. The lowest BCUT2D eigenvalue weighted by Gasteiger charge is -2.51. The molecule has 1 N–H and O–H groups in total. The summed E-state index contributed by atoms with van der Waals surface area (Å²) in [5.41, 5.74) is 3.87. The van der Waals surface area contributed by atoms with Crippen molar-refractivity contribution >= 4 is 22.7 Å². The number of aromatic amines is 1. The van der Waals surface area contributed by atoms with Gasteiger partial charge in [-0.1, -0.05) is 60.7 Å². The Labute approximate surface area is 204 Å². The van der Waals surface area contributed by atoms with E-state index in [-0.39, 0.29) is 24.3 Å². The van der Waals surface area contributed by atoms with Crippen LogP contribution in [0, 0.1) is 0 Å². The van der Waals surface area contributed by atoms with Crippen LogP contribution in [-0.4, -0.2) is 46.8 Å². The van der Waals surface area contributed by atoms with Crippen LogP contribution in [0.15, 0.2) is 78.9 Å². The van der Waals surface area contributed by atoms with Gasteiger partial charge in [0.2, 0.25) is 5.91 Å². The fourth-order valence-electron chi connectivity index (χ4n) is 5.74. The molecule has 3 heterocycles. The van der Waals surface area contributed by atoms with Crippen molar-refractivity contribution in [2.75, 3.05) is 20.2 Å². The summed E-state index contributed by atoms with van der Waals surface area (Å²) >= 11 is 0. The zero-order valence-corrected chi connectivity index (χ0v) is 19.8. The van der Waals surface area contributed by atoms with E-state index in [9.17, 15) is 9.59 Å². The van der Waals surface area contributed by atoms with E-state index in [1.54, 1.807) is 16.9 Å². The number of H-pyrrole nitrogens is 1. The number of carbonyl (C=O) groups excluding carboxylic acids is 2. The van der Waals surface area contributed by atoms with Crippen LogP contribution in [0.4, 0.5) is 0 Å². The molecule has 2 aliphatic rings. The first-order valence-corrected chi connectivity index (χ1v) is 11.9. The van der Waals surface area contributed by atoms with E-state index >= 15 is 0 Å². The smallest absolute Gasteiger partial charge is 0.255 e. The number of hydrogen-bond acceptors (Lipinski definition) is 3. The number of aromatic nitrogens is 1. The summed E-state index contributed by atoms with van der Waals surface area (Å²) in [5, 5.41) is 1.09. The lowest BCUT2D eigenvalue weighted by Crippen LogP contribution is -2.67. The van der Waals surface area contributed by atoms with E-state index in [0.717, 1.165) is 39.0 Å². The Kier molecular flexibility index (Phi) is 4.92. The van der Waals surface area contributed by atoms with Crippen LogP contribution in [0.5, 0.6) is 5.75 Å². The highest BCUT2D eigenvalue weighted by molar-refractivity contribution is 6.01. The van der Waals surface area contributed by atoms with Gasteiger partial charge in [0.1, 0.15) is 12.3 Å². The minimum Gasteiger partial charge on any atom is -0.497 e. The third-order valence-corrected chi connectivity index (χ3v) is 7.55. The van der Waals surface area contributed by atoms with Crippen molar-refractivity contribution in [2.45, 2.75) is 24.9 Å². The van der Waals surface area contributed by atoms with Crippen molar-refractivity contribution < 1.29 is 14.3 Å². The molecule has 6 heteroatoms. The van der Waals surface area contributed by atoms with Crippen LogP contribution in [-0.2, 0) is 21.7 Å². The molecule has 0 radical (unpaired) electrons. The summed E-state index contributed by atoms with van der Waals surface area (Å²) in [6.07, 6.45) is 0. The Balaban J connectivity index is 1.50. The van der Waals surface area contributed by atoms with Gasteiger partial charge >= 0.3 is 0 Å². The third-order valence-electron chi connectivity index (χ3n) is 7.55. The number of carbonyl (C=O) groups is 2. The Morgan fingerprint density at radius 2 is 1.69 bits per heavy atom. The van der Waals surface area contributed by atoms with Gasteiger partial charge in [0.15, 0.2) is 5.54 Å². The average molecular weight is 466 g/mol. The number of methoxy groups -OCH3 is 1.